The van der Waals surface area contributed by atoms with Gasteiger partial charge in [0.15, 0.2) is 5.82 Å². The Morgan fingerprint density at radius 1 is 1.03 bits per heavy atom. The number of aromatic nitrogens is 4. The second-order valence-corrected chi connectivity index (χ2v) is 8.14. The van der Waals surface area contributed by atoms with Gasteiger partial charge in [0.1, 0.15) is 10.8 Å². The predicted octanol–water partition coefficient (Wildman–Crippen LogP) is 4.30. The molecule has 5 rings (SSSR count). The smallest absolute Gasteiger partial charge is 0.250 e. The zero-order valence-electron chi connectivity index (χ0n) is 17.3. The summed E-state index contributed by atoms with van der Waals surface area (Å²) in [7, 11) is 0. The molecule has 0 atom stereocenters. The minimum atomic E-state index is -0.513. The van der Waals surface area contributed by atoms with Gasteiger partial charge in [-0.3, -0.25) is 9.36 Å². The van der Waals surface area contributed by atoms with Gasteiger partial charge in [0.2, 0.25) is 5.95 Å². The Hall–Kier alpha value is -3.65. The summed E-state index contributed by atoms with van der Waals surface area (Å²) in [6.45, 7) is 2.13. The van der Waals surface area contributed by atoms with Crippen LogP contribution in [0.3, 0.4) is 0 Å². The third-order valence-electron chi connectivity index (χ3n) is 5.64. The van der Waals surface area contributed by atoms with E-state index in [1.165, 1.54) is 25.5 Å². The molecule has 1 aliphatic rings. The van der Waals surface area contributed by atoms with Crippen molar-refractivity contribution in [2.24, 2.45) is 5.73 Å². The van der Waals surface area contributed by atoms with Crippen molar-refractivity contribution in [3.8, 4) is 5.82 Å². The number of nitrogens with two attached hydrogens (primary N) is 1. The van der Waals surface area contributed by atoms with E-state index in [1.54, 1.807) is 10.8 Å². The van der Waals surface area contributed by atoms with Gasteiger partial charge in [-0.1, -0.05) is 29.8 Å². The van der Waals surface area contributed by atoms with E-state index in [9.17, 15) is 4.79 Å². The molecule has 162 valence electrons. The fourth-order valence-corrected chi connectivity index (χ4v) is 4.23. The highest BCUT2D eigenvalue weighted by Gasteiger charge is 2.17. The number of carbonyl (C=O) groups excluding carboxylic acids is 1. The lowest BCUT2D eigenvalue weighted by Crippen LogP contribution is -2.29. The highest BCUT2D eigenvalue weighted by molar-refractivity contribution is 6.32. The molecular weight excluding hydrogens is 426 g/mol. The van der Waals surface area contributed by atoms with E-state index in [4.69, 9.17) is 17.3 Å². The second-order valence-electron chi connectivity index (χ2n) is 7.73. The van der Waals surface area contributed by atoms with Crippen molar-refractivity contribution in [3.05, 3.63) is 65.6 Å². The van der Waals surface area contributed by atoms with Gasteiger partial charge in [0.25, 0.3) is 5.91 Å². The second kappa shape index (κ2) is 8.47. The van der Waals surface area contributed by atoms with Crippen LogP contribution in [0.25, 0.3) is 16.7 Å². The number of primary amides is 1. The number of hydrogen-bond acceptors (Lipinski definition) is 6. The highest BCUT2D eigenvalue weighted by atomic mass is 35.5. The minimum Gasteiger partial charge on any atom is -0.370 e. The summed E-state index contributed by atoms with van der Waals surface area (Å²) in [6, 6.07) is 11.4. The molecule has 1 aromatic carbocycles. The first-order chi connectivity index (χ1) is 15.6. The van der Waals surface area contributed by atoms with Crippen LogP contribution in [0.1, 0.15) is 29.6 Å². The summed E-state index contributed by atoms with van der Waals surface area (Å²) in [5.74, 6) is 0.912. The molecule has 0 radical (unpaired) electrons. The van der Waals surface area contributed by atoms with E-state index >= 15 is 0 Å². The third kappa shape index (κ3) is 3.85. The zero-order chi connectivity index (χ0) is 22.1. The van der Waals surface area contributed by atoms with E-state index in [0.29, 0.717) is 28.2 Å². The van der Waals surface area contributed by atoms with Gasteiger partial charge < -0.3 is 16.0 Å². The Kier molecular flexibility index (Phi) is 5.36. The van der Waals surface area contributed by atoms with E-state index < -0.39 is 5.91 Å². The Bertz CT molecular complexity index is 1280. The van der Waals surface area contributed by atoms with Crippen LogP contribution in [-0.4, -0.2) is 38.5 Å². The average molecular weight is 448 g/mol. The summed E-state index contributed by atoms with van der Waals surface area (Å²) >= 11 is 6.42. The van der Waals surface area contributed by atoms with Crippen molar-refractivity contribution in [3.63, 3.8) is 0 Å². The van der Waals surface area contributed by atoms with Gasteiger partial charge >= 0.3 is 0 Å². The molecule has 0 aliphatic carbocycles. The third-order valence-corrected chi connectivity index (χ3v) is 5.91. The number of pyridine rings is 1. The maximum absolute atomic E-state index is 11.9. The number of nitrogens with one attached hydrogen (secondary N) is 1. The van der Waals surface area contributed by atoms with E-state index in [-0.39, 0.29) is 0 Å². The Labute approximate surface area is 190 Å². The van der Waals surface area contributed by atoms with Crippen LogP contribution >= 0.6 is 11.6 Å². The molecule has 1 amide bonds. The number of nitrogens with zero attached hydrogens (tertiary/aromatic N) is 5. The number of anilines is 3. The predicted molar refractivity (Wildman–Crippen MR) is 126 cm³/mol. The molecule has 1 aliphatic heterocycles. The zero-order valence-corrected chi connectivity index (χ0v) is 18.1. The van der Waals surface area contributed by atoms with Crippen LogP contribution < -0.4 is 16.0 Å². The summed E-state index contributed by atoms with van der Waals surface area (Å²) in [5.41, 5.74) is 7.86. The molecule has 32 heavy (non-hydrogen) atoms. The Morgan fingerprint density at radius 3 is 2.59 bits per heavy atom. The molecule has 0 bridgehead atoms. The van der Waals surface area contributed by atoms with Crippen molar-refractivity contribution in [2.45, 2.75) is 19.3 Å². The number of para-hydroxylation sites is 1. The van der Waals surface area contributed by atoms with Crippen molar-refractivity contribution in [1.29, 1.82) is 0 Å². The van der Waals surface area contributed by atoms with Crippen LogP contribution in [0.4, 0.5) is 17.5 Å². The summed E-state index contributed by atoms with van der Waals surface area (Å²) < 4.78 is 1.75. The Balaban J connectivity index is 1.45. The summed E-state index contributed by atoms with van der Waals surface area (Å²) in [6.07, 6.45) is 8.75. The number of piperidine rings is 1. The average Bonchev–Trinajstić information content (AvgIpc) is 3.21. The topological polar surface area (TPSA) is 102 Å². The first-order valence-electron chi connectivity index (χ1n) is 10.5. The molecule has 9 heteroatoms. The van der Waals surface area contributed by atoms with E-state index in [1.807, 2.05) is 36.5 Å². The van der Waals surface area contributed by atoms with Crippen molar-refractivity contribution >= 4 is 45.9 Å². The molecule has 4 heterocycles. The largest absolute Gasteiger partial charge is 0.370 e. The van der Waals surface area contributed by atoms with Crippen molar-refractivity contribution in [1.82, 2.24) is 19.5 Å². The highest BCUT2D eigenvalue weighted by Crippen LogP contribution is 2.28. The van der Waals surface area contributed by atoms with Crippen LogP contribution in [0, 0.1) is 0 Å². The van der Waals surface area contributed by atoms with Gasteiger partial charge in [-0.05, 0) is 37.5 Å². The van der Waals surface area contributed by atoms with Gasteiger partial charge in [-0.25, -0.2) is 9.97 Å². The van der Waals surface area contributed by atoms with Gasteiger partial charge in [0, 0.05) is 24.7 Å². The summed E-state index contributed by atoms with van der Waals surface area (Å²) in [5, 5.41) is 4.22. The molecule has 8 nitrogen and oxygen atoms in total. The van der Waals surface area contributed by atoms with Crippen molar-refractivity contribution in [2.75, 3.05) is 23.3 Å². The molecule has 3 N–H and O–H groups in total. The number of fused-ring (bicyclic) bond motifs is 1. The van der Waals surface area contributed by atoms with Crippen LogP contribution in [0.15, 0.2) is 55.0 Å². The lowest BCUT2D eigenvalue weighted by molar-refractivity contribution is 0.100. The Morgan fingerprint density at radius 2 is 1.84 bits per heavy atom. The minimum absolute atomic E-state index is 0.348. The van der Waals surface area contributed by atoms with E-state index in [2.05, 4.69) is 31.2 Å². The van der Waals surface area contributed by atoms with Crippen LogP contribution in [0.2, 0.25) is 5.02 Å². The maximum atomic E-state index is 11.9. The molecule has 4 aromatic rings. The monoisotopic (exact) mass is 447 g/mol. The fourth-order valence-electron chi connectivity index (χ4n) is 4.05. The molecule has 0 spiro atoms. The number of rotatable bonds is 5. The van der Waals surface area contributed by atoms with Crippen molar-refractivity contribution < 1.29 is 4.79 Å². The number of amides is 1. The standard InChI is InChI=1S/C23H22ClN7O/c24-18-13-27-23(28-20-9-8-15(12-26-20)30-10-4-1-5-11-30)29-22(18)31-14-17(21(25)32)16-6-2-3-7-19(16)31/h2-3,6-9,12-14H,1,4-5,10-11H2,(H2,25,32)(H,26,27,28,29). The quantitative estimate of drug-likeness (QED) is 0.473. The lowest BCUT2D eigenvalue weighted by Gasteiger charge is -2.28. The number of hydrogen-bond donors (Lipinski definition) is 2. The van der Waals surface area contributed by atoms with Gasteiger partial charge in [0.05, 0.1) is 29.2 Å². The van der Waals surface area contributed by atoms with Crippen LogP contribution in [-0.2, 0) is 0 Å². The molecular formula is C23H22ClN7O. The van der Waals surface area contributed by atoms with Gasteiger partial charge in [-0.2, -0.15) is 4.98 Å². The number of halogens is 1. The SMILES string of the molecule is NC(=O)c1cn(-c2nc(Nc3ccc(N4CCCCC4)cn3)ncc2Cl)c2ccccc12. The molecule has 0 saturated carbocycles. The first-order valence-corrected chi connectivity index (χ1v) is 10.9. The first kappa shape index (κ1) is 20.3. The summed E-state index contributed by atoms with van der Waals surface area (Å²) in [4.78, 5) is 27.6. The number of benzene rings is 1. The molecule has 1 saturated heterocycles. The normalized spacial score (nSPS) is 14.0. The van der Waals surface area contributed by atoms with Gasteiger partial charge in [-0.15, -0.1) is 0 Å². The molecule has 1 fully saturated rings. The molecule has 3 aromatic heterocycles. The number of carbonyl (C=O) groups is 1. The van der Waals surface area contributed by atoms with E-state index in [0.717, 1.165) is 29.7 Å². The molecule has 0 unspecified atom stereocenters. The fraction of sp³-hybridized carbons (Fsp3) is 0.217. The lowest BCUT2D eigenvalue weighted by atomic mass is 10.1. The van der Waals surface area contributed by atoms with Crippen LogP contribution in [0.5, 0.6) is 0 Å². The maximum Gasteiger partial charge on any atom is 0.250 e.